The van der Waals surface area contributed by atoms with Crippen molar-refractivity contribution in [1.82, 2.24) is 0 Å². The minimum atomic E-state index is -3.42. The van der Waals surface area contributed by atoms with Gasteiger partial charge in [0.05, 0.1) is 35.6 Å². The first-order valence-electron chi connectivity index (χ1n) is 8.98. The summed E-state index contributed by atoms with van der Waals surface area (Å²) in [5.74, 6) is -0.813. The number of rotatable bonds is 7. The van der Waals surface area contributed by atoms with Crippen molar-refractivity contribution in [3.05, 3.63) is 30.3 Å². The fourth-order valence-corrected chi connectivity index (χ4v) is 5.43. The van der Waals surface area contributed by atoms with Gasteiger partial charge in [-0.05, 0) is 32.4 Å². The molecule has 0 radical (unpaired) electrons. The Kier molecular flexibility index (Phi) is 5.81. The lowest BCUT2D eigenvalue weighted by Crippen LogP contribution is -2.25. The molecule has 3 rings (SSSR count). The molecule has 0 aliphatic carbocycles. The largest absolute Gasteiger partial charge is 0.374 e. The van der Waals surface area contributed by atoms with Crippen molar-refractivity contribution in [2.45, 2.75) is 62.1 Å². The predicted octanol–water partition coefficient (Wildman–Crippen LogP) is 2.36. The van der Waals surface area contributed by atoms with Crippen molar-refractivity contribution in [2.75, 3.05) is 12.4 Å². The summed E-state index contributed by atoms with van der Waals surface area (Å²) in [6.45, 7) is 4.23. The van der Waals surface area contributed by atoms with Gasteiger partial charge in [-0.25, -0.2) is 8.42 Å². The zero-order valence-electron chi connectivity index (χ0n) is 15.2. The van der Waals surface area contributed by atoms with E-state index in [2.05, 4.69) is 0 Å². The highest BCUT2D eigenvalue weighted by molar-refractivity contribution is 7.91. The maximum absolute atomic E-state index is 12.7. The summed E-state index contributed by atoms with van der Waals surface area (Å²) in [6, 6.07) is 8.41. The molecule has 0 bridgehead atoms. The van der Waals surface area contributed by atoms with E-state index >= 15 is 0 Å². The van der Waals surface area contributed by atoms with Crippen LogP contribution in [0.5, 0.6) is 0 Å². The van der Waals surface area contributed by atoms with Gasteiger partial charge in [0.1, 0.15) is 6.29 Å². The topological polar surface area (TPSA) is 78.9 Å². The summed E-state index contributed by atoms with van der Waals surface area (Å²) in [5.41, 5.74) is 0. The number of hydrogen-bond acceptors (Lipinski definition) is 6. The third-order valence-electron chi connectivity index (χ3n) is 4.92. The van der Waals surface area contributed by atoms with E-state index in [4.69, 9.17) is 14.2 Å². The van der Waals surface area contributed by atoms with Gasteiger partial charge in [-0.15, -0.1) is 0 Å². The first-order valence-corrected chi connectivity index (χ1v) is 10.6. The number of hydrogen-bond donors (Lipinski definition) is 0. The van der Waals surface area contributed by atoms with E-state index in [0.717, 1.165) is 6.29 Å². The maximum Gasteiger partial charge on any atom is 0.178 e. The normalized spacial score (nSPS) is 31.2. The molecule has 26 heavy (non-hydrogen) atoms. The van der Waals surface area contributed by atoms with Gasteiger partial charge in [0, 0.05) is 18.8 Å². The van der Waals surface area contributed by atoms with Crippen molar-refractivity contribution in [3.8, 4) is 0 Å². The molecule has 7 heteroatoms. The molecule has 4 atom stereocenters. The molecule has 2 saturated heterocycles. The Morgan fingerprint density at radius 3 is 2.54 bits per heavy atom. The third kappa shape index (κ3) is 4.71. The Labute approximate surface area is 154 Å². The summed E-state index contributed by atoms with van der Waals surface area (Å²) < 4.78 is 42.8. The summed E-state index contributed by atoms with van der Waals surface area (Å²) in [7, 11) is -3.42. The fraction of sp³-hybridized carbons (Fsp3) is 0.632. The predicted molar refractivity (Wildman–Crippen MR) is 95.5 cm³/mol. The van der Waals surface area contributed by atoms with E-state index in [0.29, 0.717) is 24.3 Å². The second-order valence-corrected chi connectivity index (χ2v) is 9.51. The van der Waals surface area contributed by atoms with Gasteiger partial charge in [-0.3, -0.25) is 0 Å². The van der Waals surface area contributed by atoms with Crippen LogP contribution in [-0.2, 0) is 28.8 Å². The molecule has 144 valence electrons. The number of carbonyl (C=O) groups excluding carboxylic acids is 1. The highest BCUT2D eigenvalue weighted by Gasteiger charge is 2.41. The van der Waals surface area contributed by atoms with Gasteiger partial charge in [0.25, 0.3) is 0 Å². The molecule has 2 aliphatic heterocycles. The first-order chi connectivity index (χ1) is 12.3. The molecule has 0 spiro atoms. The molecule has 0 saturated carbocycles. The lowest BCUT2D eigenvalue weighted by atomic mass is 9.98. The SMILES string of the molecule is CC1(C)OCC(C[C@@H]2CC(CS(=O)(=O)c3ccccc3)[C@H](CC=O)O2)O1. The Hall–Kier alpha value is -1.28. The van der Waals surface area contributed by atoms with E-state index in [1.165, 1.54) is 0 Å². The van der Waals surface area contributed by atoms with Crippen LogP contribution in [0.3, 0.4) is 0 Å². The van der Waals surface area contributed by atoms with Crippen molar-refractivity contribution in [2.24, 2.45) is 5.92 Å². The fourth-order valence-electron chi connectivity index (χ4n) is 3.75. The van der Waals surface area contributed by atoms with Crippen molar-refractivity contribution < 1.29 is 27.4 Å². The van der Waals surface area contributed by atoms with Gasteiger partial charge in [-0.1, -0.05) is 18.2 Å². The number of carbonyl (C=O) groups is 1. The zero-order chi connectivity index (χ0) is 18.8. The summed E-state index contributed by atoms with van der Waals surface area (Å²) in [4.78, 5) is 11.3. The Bertz CT molecular complexity index is 715. The molecule has 0 amide bonds. The quantitative estimate of drug-likeness (QED) is 0.674. The molecular weight excluding hydrogens is 356 g/mol. The summed E-state index contributed by atoms with van der Waals surface area (Å²) in [5, 5.41) is 0. The molecule has 2 aliphatic rings. The van der Waals surface area contributed by atoms with Crippen LogP contribution in [0.4, 0.5) is 0 Å². The smallest absolute Gasteiger partial charge is 0.178 e. The van der Waals surface area contributed by atoms with Gasteiger partial charge >= 0.3 is 0 Å². The molecule has 6 nitrogen and oxygen atoms in total. The Balaban J connectivity index is 1.65. The lowest BCUT2D eigenvalue weighted by Gasteiger charge is -2.19. The molecule has 2 fully saturated rings. The highest BCUT2D eigenvalue weighted by Crippen LogP contribution is 2.35. The second-order valence-electron chi connectivity index (χ2n) is 7.48. The number of aldehydes is 1. The van der Waals surface area contributed by atoms with Crippen molar-refractivity contribution in [3.63, 3.8) is 0 Å². The van der Waals surface area contributed by atoms with Crippen molar-refractivity contribution >= 4 is 16.1 Å². The van der Waals surface area contributed by atoms with Crippen LogP contribution in [0.15, 0.2) is 35.2 Å². The van der Waals surface area contributed by atoms with Gasteiger partial charge in [0.15, 0.2) is 15.6 Å². The monoisotopic (exact) mass is 382 g/mol. The minimum absolute atomic E-state index is 0.0143. The van der Waals surface area contributed by atoms with Crippen LogP contribution >= 0.6 is 0 Å². The molecule has 0 N–H and O–H groups in total. The molecule has 2 heterocycles. The molecule has 2 unspecified atom stereocenters. The third-order valence-corrected chi connectivity index (χ3v) is 6.77. The van der Waals surface area contributed by atoms with Crippen LogP contribution in [0, 0.1) is 5.92 Å². The van der Waals surface area contributed by atoms with E-state index < -0.39 is 15.6 Å². The van der Waals surface area contributed by atoms with Crippen LogP contribution in [0.25, 0.3) is 0 Å². The highest BCUT2D eigenvalue weighted by atomic mass is 32.2. The number of benzene rings is 1. The van der Waals surface area contributed by atoms with E-state index in [-0.39, 0.29) is 36.4 Å². The van der Waals surface area contributed by atoms with Crippen LogP contribution < -0.4 is 0 Å². The molecule has 1 aromatic rings. The minimum Gasteiger partial charge on any atom is -0.374 e. The average Bonchev–Trinajstić information content (AvgIpc) is 3.11. The van der Waals surface area contributed by atoms with Gasteiger partial charge < -0.3 is 19.0 Å². The summed E-state index contributed by atoms with van der Waals surface area (Å²) >= 11 is 0. The Morgan fingerprint density at radius 1 is 1.19 bits per heavy atom. The summed E-state index contributed by atoms with van der Waals surface area (Å²) in [6.07, 6.45) is 1.68. The van der Waals surface area contributed by atoms with E-state index in [1.807, 2.05) is 13.8 Å². The average molecular weight is 382 g/mol. The van der Waals surface area contributed by atoms with Gasteiger partial charge in [0.2, 0.25) is 0 Å². The zero-order valence-corrected chi connectivity index (χ0v) is 16.0. The van der Waals surface area contributed by atoms with Crippen LogP contribution in [-0.4, -0.2) is 51.2 Å². The van der Waals surface area contributed by atoms with E-state index in [9.17, 15) is 13.2 Å². The van der Waals surface area contributed by atoms with E-state index in [1.54, 1.807) is 30.3 Å². The molecule has 1 aromatic carbocycles. The molecule has 0 aromatic heterocycles. The molecular formula is C19H26O6S. The number of ether oxygens (including phenoxy) is 3. The van der Waals surface area contributed by atoms with Gasteiger partial charge in [-0.2, -0.15) is 0 Å². The first kappa shape index (κ1) is 19.5. The number of sulfone groups is 1. The second kappa shape index (κ2) is 7.76. The maximum atomic E-state index is 12.7. The van der Waals surface area contributed by atoms with Crippen molar-refractivity contribution in [1.29, 1.82) is 0 Å². The van der Waals surface area contributed by atoms with Crippen LogP contribution in [0.2, 0.25) is 0 Å². The van der Waals surface area contributed by atoms with Crippen LogP contribution in [0.1, 0.15) is 33.1 Å². The standard InChI is InChI=1S/C19H26O6S/c1-19(2)23-12-16(25-19)11-15-10-14(18(24-15)8-9-20)13-26(21,22)17-6-4-3-5-7-17/h3-7,9,14-16,18H,8,10-13H2,1-2H3/t14?,15-,16?,18-/m0/s1. The Morgan fingerprint density at radius 2 is 1.92 bits per heavy atom. The lowest BCUT2D eigenvalue weighted by molar-refractivity contribution is -0.142.